The first-order valence-electron chi connectivity index (χ1n) is 12.1. The van der Waals surface area contributed by atoms with Gasteiger partial charge in [-0.1, -0.05) is 60.3 Å². The van der Waals surface area contributed by atoms with Crippen LogP contribution in [-0.4, -0.2) is 40.2 Å². The molecule has 0 aromatic heterocycles. The van der Waals surface area contributed by atoms with Gasteiger partial charge in [-0.3, -0.25) is 19.7 Å². The molecule has 3 aromatic carbocycles. The van der Waals surface area contributed by atoms with E-state index in [2.05, 4.69) is 23.5 Å². The lowest BCUT2D eigenvalue weighted by molar-refractivity contribution is -0.136. The number of imide groups is 1. The molecule has 0 aliphatic carbocycles. The van der Waals surface area contributed by atoms with Crippen LogP contribution < -0.4 is 19.5 Å². The van der Waals surface area contributed by atoms with Gasteiger partial charge in [-0.05, 0) is 29.8 Å². The largest absolute Gasteiger partial charge is 0.493 e. The van der Waals surface area contributed by atoms with Gasteiger partial charge in [0, 0.05) is 17.5 Å². The molecule has 3 aliphatic rings. The van der Waals surface area contributed by atoms with Crippen molar-refractivity contribution < 1.29 is 28.6 Å². The quantitative estimate of drug-likeness (QED) is 0.365. The Morgan fingerprint density at radius 3 is 2.63 bits per heavy atom. The summed E-state index contributed by atoms with van der Waals surface area (Å²) in [5, 5.41) is 7.82. The number of methoxy groups -OCH3 is 1. The van der Waals surface area contributed by atoms with Crippen LogP contribution in [0.3, 0.4) is 0 Å². The van der Waals surface area contributed by atoms with Gasteiger partial charge in [0.15, 0.2) is 11.5 Å². The summed E-state index contributed by atoms with van der Waals surface area (Å²) >= 11 is 0.779. The third-order valence-corrected chi connectivity index (χ3v) is 7.60. The van der Waals surface area contributed by atoms with Crippen LogP contribution >= 0.6 is 11.8 Å². The molecular formula is C28H23N3O6S. The monoisotopic (exact) mass is 529 g/mol. The predicted octanol–water partition coefficient (Wildman–Crippen LogP) is 4.58. The number of carbonyl (C=O) groups excluding carboxylic acids is 3. The fraction of sp³-hybridized carbons (Fsp3) is 0.214. The topological polar surface area (TPSA) is 107 Å². The van der Waals surface area contributed by atoms with Crippen molar-refractivity contribution in [3.63, 3.8) is 0 Å². The second-order valence-electron chi connectivity index (χ2n) is 8.99. The van der Waals surface area contributed by atoms with E-state index in [1.54, 1.807) is 18.2 Å². The van der Waals surface area contributed by atoms with E-state index in [1.807, 2.05) is 41.4 Å². The molecule has 38 heavy (non-hydrogen) atoms. The van der Waals surface area contributed by atoms with Crippen LogP contribution in [0.1, 0.15) is 41.8 Å². The number of rotatable bonds is 6. The van der Waals surface area contributed by atoms with Crippen LogP contribution in [0.25, 0.3) is 0 Å². The number of amides is 2. The number of nitrogens with one attached hydrogen (secondary N) is 1. The zero-order chi connectivity index (χ0) is 26.2. The molecule has 2 amide bonds. The summed E-state index contributed by atoms with van der Waals surface area (Å²) in [7, 11) is 1.48. The molecule has 0 spiro atoms. The second-order valence-corrected chi connectivity index (χ2v) is 10.2. The van der Waals surface area contributed by atoms with Crippen LogP contribution in [0.15, 0.2) is 77.9 Å². The summed E-state index contributed by atoms with van der Waals surface area (Å²) in [6, 6.07) is 23.2. The van der Waals surface area contributed by atoms with Gasteiger partial charge in [-0.2, -0.15) is 5.10 Å². The lowest BCUT2D eigenvalue weighted by atomic mass is 9.96. The van der Waals surface area contributed by atoms with E-state index in [1.165, 1.54) is 7.11 Å². The molecule has 0 saturated carbocycles. The van der Waals surface area contributed by atoms with Crippen LogP contribution in [-0.2, 0) is 9.59 Å². The summed E-state index contributed by atoms with van der Waals surface area (Å²) in [4.78, 5) is 35.7. The first kappa shape index (κ1) is 24.1. The molecule has 3 aliphatic heterocycles. The van der Waals surface area contributed by atoms with Crippen LogP contribution in [0.5, 0.6) is 17.2 Å². The molecule has 0 unspecified atom stereocenters. The Morgan fingerprint density at radius 1 is 1.08 bits per heavy atom. The number of benzene rings is 3. The van der Waals surface area contributed by atoms with Crippen LogP contribution in [0.2, 0.25) is 0 Å². The Kier molecular flexibility index (Phi) is 6.24. The Morgan fingerprint density at radius 2 is 1.87 bits per heavy atom. The van der Waals surface area contributed by atoms with E-state index in [4.69, 9.17) is 19.3 Å². The van der Waals surface area contributed by atoms with E-state index in [-0.39, 0.29) is 18.2 Å². The summed E-state index contributed by atoms with van der Waals surface area (Å²) in [5.41, 5.74) is 3.89. The number of nitrogens with zero attached hydrogens (tertiary/aromatic N) is 2. The maximum Gasteiger partial charge on any atom is 0.312 e. The molecule has 1 fully saturated rings. The van der Waals surface area contributed by atoms with Crippen molar-refractivity contribution in [3.8, 4) is 17.2 Å². The maximum atomic E-state index is 12.5. The lowest BCUT2D eigenvalue weighted by Crippen LogP contribution is -2.33. The van der Waals surface area contributed by atoms with Gasteiger partial charge in [0.25, 0.3) is 5.24 Å². The van der Waals surface area contributed by atoms with E-state index < -0.39 is 28.6 Å². The molecule has 6 rings (SSSR count). The average molecular weight is 530 g/mol. The molecule has 0 radical (unpaired) electrons. The molecule has 3 aromatic rings. The van der Waals surface area contributed by atoms with Crippen molar-refractivity contribution in [2.24, 2.45) is 5.10 Å². The van der Waals surface area contributed by atoms with Gasteiger partial charge >= 0.3 is 5.97 Å². The number of esters is 1. The van der Waals surface area contributed by atoms with Crippen molar-refractivity contribution >= 4 is 34.6 Å². The van der Waals surface area contributed by atoms with Crippen LogP contribution in [0.4, 0.5) is 4.79 Å². The minimum atomic E-state index is -0.806. The Labute approximate surface area is 222 Å². The highest BCUT2D eigenvalue weighted by atomic mass is 32.2. The smallest absolute Gasteiger partial charge is 0.312 e. The van der Waals surface area contributed by atoms with E-state index in [9.17, 15) is 14.4 Å². The van der Waals surface area contributed by atoms with Crippen LogP contribution in [0, 0.1) is 0 Å². The fourth-order valence-corrected chi connectivity index (χ4v) is 5.63. The number of hydrogen-bond donors (Lipinski definition) is 1. The minimum absolute atomic E-state index is 0.00132. The van der Waals surface area contributed by atoms with Gasteiger partial charge in [-0.15, -0.1) is 0 Å². The standard InChI is InChI=1S/C28H23N3O6S/c1-35-23-13-17(11-12-22(23)36-25(32)15-24-26(33)29-28(34)38-24)27-31-20(18-9-5-6-10-21(18)37-27)14-19(30-31)16-7-3-2-4-8-16/h2-13,20,24,27H,14-15H2,1H3,(H,29,33,34)/t20-,24+,27+/m0/s1. The molecule has 192 valence electrons. The van der Waals surface area contributed by atoms with Gasteiger partial charge in [-0.25, -0.2) is 5.01 Å². The van der Waals surface area contributed by atoms with Crippen molar-refractivity contribution in [3.05, 3.63) is 89.5 Å². The molecular weight excluding hydrogens is 506 g/mol. The number of carbonyl (C=O) groups is 3. The zero-order valence-electron chi connectivity index (χ0n) is 20.3. The van der Waals surface area contributed by atoms with Gasteiger partial charge < -0.3 is 14.2 Å². The first-order chi connectivity index (χ1) is 18.5. The SMILES string of the molecule is COc1cc([C@H]2Oc3ccccc3[C@@H]3CC(c4ccccc4)=NN23)ccc1OC(=O)C[C@H]1SC(=O)NC1=O. The van der Waals surface area contributed by atoms with Gasteiger partial charge in [0.2, 0.25) is 12.1 Å². The van der Waals surface area contributed by atoms with Crippen molar-refractivity contribution in [1.82, 2.24) is 10.3 Å². The highest BCUT2D eigenvalue weighted by Crippen LogP contribution is 2.48. The van der Waals surface area contributed by atoms with Crippen molar-refractivity contribution in [1.29, 1.82) is 0 Å². The number of hydrazone groups is 1. The Bertz CT molecular complexity index is 1460. The maximum absolute atomic E-state index is 12.5. The Hall–Kier alpha value is -4.31. The predicted molar refractivity (Wildman–Crippen MR) is 140 cm³/mol. The number of para-hydroxylation sites is 1. The van der Waals surface area contributed by atoms with Gasteiger partial charge in [0.05, 0.1) is 25.3 Å². The molecule has 3 atom stereocenters. The lowest BCUT2D eigenvalue weighted by Gasteiger charge is -2.38. The third-order valence-electron chi connectivity index (χ3n) is 6.62. The summed E-state index contributed by atoms with van der Waals surface area (Å²) in [6.45, 7) is 0. The third kappa shape index (κ3) is 4.47. The van der Waals surface area contributed by atoms with E-state index in [0.29, 0.717) is 5.75 Å². The summed E-state index contributed by atoms with van der Waals surface area (Å²) in [6.07, 6.45) is -0.0233. The molecule has 10 heteroatoms. The van der Waals surface area contributed by atoms with E-state index in [0.717, 1.165) is 46.3 Å². The van der Waals surface area contributed by atoms with Crippen molar-refractivity contribution in [2.75, 3.05) is 7.11 Å². The number of fused-ring (bicyclic) bond motifs is 3. The Balaban J connectivity index is 1.28. The van der Waals surface area contributed by atoms with Gasteiger partial charge in [0.1, 0.15) is 11.0 Å². The molecule has 0 bridgehead atoms. The molecule has 3 heterocycles. The second kappa shape index (κ2) is 9.86. The highest BCUT2D eigenvalue weighted by Gasteiger charge is 2.41. The summed E-state index contributed by atoms with van der Waals surface area (Å²) < 4.78 is 17.4. The zero-order valence-corrected chi connectivity index (χ0v) is 21.1. The first-order valence-corrected chi connectivity index (χ1v) is 12.9. The van der Waals surface area contributed by atoms with Crippen molar-refractivity contribution in [2.45, 2.75) is 30.4 Å². The summed E-state index contributed by atoms with van der Waals surface area (Å²) in [5.74, 6) is 0.196. The van der Waals surface area contributed by atoms with E-state index >= 15 is 0 Å². The normalized spacial score (nSPS) is 21.7. The number of thioether (sulfide) groups is 1. The average Bonchev–Trinajstić information content (AvgIpc) is 3.52. The molecule has 1 N–H and O–H groups in total. The number of hydrogen-bond acceptors (Lipinski definition) is 9. The molecule has 9 nitrogen and oxygen atoms in total. The minimum Gasteiger partial charge on any atom is -0.493 e. The number of ether oxygens (including phenoxy) is 3. The molecule has 1 saturated heterocycles. The highest BCUT2D eigenvalue weighted by molar-refractivity contribution is 8.15. The fourth-order valence-electron chi connectivity index (χ4n) is 4.82.